The van der Waals surface area contributed by atoms with Crippen molar-refractivity contribution < 1.29 is 57.7 Å². The monoisotopic (exact) mass is 732 g/mol. The average Bonchev–Trinajstić information content (AvgIpc) is 3.00. The first-order chi connectivity index (χ1) is 18.8. The molecule has 0 radical (unpaired) electrons. The van der Waals surface area contributed by atoms with Gasteiger partial charge in [-0.3, -0.25) is 0 Å². The van der Waals surface area contributed by atoms with Crippen molar-refractivity contribution in [1.29, 1.82) is 0 Å². The van der Waals surface area contributed by atoms with E-state index in [9.17, 15) is 0 Å². The Morgan fingerprint density at radius 2 is 0.932 bits per heavy atom. The van der Waals surface area contributed by atoms with Crippen LogP contribution in [0.1, 0.15) is 48.6 Å². The zero-order chi connectivity index (χ0) is 30.7. The molecule has 3 aromatic rings. The van der Waals surface area contributed by atoms with E-state index >= 15 is 0 Å². The van der Waals surface area contributed by atoms with Crippen LogP contribution in [-0.4, -0.2) is 24.9 Å². The molecule has 3 aromatic carbocycles. The molecule has 0 nitrogen and oxygen atoms in total. The molecule has 1 aliphatic carbocycles. The van der Waals surface area contributed by atoms with Gasteiger partial charge in [0.05, 0.1) is 0 Å². The van der Waals surface area contributed by atoms with Crippen LogP contribution in [0.5, 0.6) is 0 Å². The summed E-state index contributed by atoms with van der Waals surface area (Å²) >= 11 is 2.57. The second kappa shape index (κ2) is 15.1. The van der Waals surface area contributed by atoms with Crippen molar-refractivity contribution >= 4 is 51.3 Å². The quantitative estimate of drug-likeness (QED) is 0.271. The molecular formula is C37H51Cl3Si3Ti. The molecule has 0 saturated carbocycles. The predicted octanol–water partition coefficient (Wildman–Crippen LogP) is -1.11. The second-order valence-electron chi connectivity index (χ2n) is 15.1. The van der Waals surface area contributed by atoms with Gasteiger partial charge in [-0.1, -0.05) is 0 Å². The van der Waals surface area contributed by atoms with Crippen LogP contribution in [0.25, 0.3) is 5.57 Å². The summed E-state index contributed by atoms with van der Waals surface area (Å²) in [4.78, 5) is 0. The Morgan fingerprint density at radius 1 is 0.545 bits per heavy atom. The van der Waals surface area contributed by atoms with E-state index in [0.29, 0.717) is 0 Å². The maximum atomic E-state index is 2.64. The van der Waals surface area contributed by atoms with Gasteiger partial charge in [-0.2, -0.15) is 0 Å². The second-order valence-corrected chi connectivity index (χ2v) is 29.4. The van der Waals surface area contributed by atoms with Gasteiger partial charge in [0, 0.05) is 0 Å². The molecule has 0 aromatic heterocycles. The van der Waals surface area contributed by atoms with Crippen LogP contribution in [0.3, 0.4) is 0 Å². The Labute approximate surface area is 303 Å². The Balaban J connectivity index is 0.00000323. The van der Waals surface area contributed by atoms with Gasteiger partial charge in [-0.25, -0.2) is 0 Å². The Morgan fingerprint density at radius 3 is 1.32 bits per heavy atom. The molecule has 0 spiro atoms. The molecule has 0 bridgehead atoms. The third-order valence-electron chi connectivity index (χ3n) is 9.32. The normalized spacial score (nSPS) is 17.0. The SMILES string of the molecule is CC1=C(C)[C]([Ti+3])(C[SiH](c2cc(C)cc([Si](C)(C)C)c2)c2cc(C)cc([Si](C)(C)C)c2)C(c2cc(C)cc(C)c2)=C1C.[Cl-].[Cl-].[Cl-]. The van der Waals surface area contributed by atoms with E-state index in [-0.39, 0.29) is 40.9 Å². The summed E-state index contributed by atoms with van der Waals surface area (Å²) in [5, 5.41) is 6.46. The summed E-state index contributed by atoms with van der Waals surface area (Å²) in [6.45, 7) is 31.3. The number of halogens is 3. The van der Waals surface area contributed by atoms with E-state index < -0.39 is 24.9 Å². The fourth-order valence-corrected chi connectivity index (χ4v) is 15.1. The van der Waals surface area contributed by atoms with Gasteiger partial charge in [-0.15, -0.1) is 0 Å². The average molecular weight is 734 g/mol. The van der Waals surface area contributed by atoms with E-state index in [1.165, 1.54) is 45.0 Å². The maximum absolute atomic E-state index is 2.64. The van der Waals surface area contributed by atoms with Crippen molar-refractivity contribution in [2.24, 2.45) is 0 Å². The van der Waals surface area contributed by atoms with Crippen LogP contribution < -0.4 is 58.0 Å². The molecule has 1 aliphatic rings. The van der Waals surface area contributed by atoms with E-state index in [2.05, 4.69) is 163 Å². The van der Waals surface area contributed by atoms with E-state index in [0.717, 1.165) is 0 Å². The fourth-order valence-electron chi connectivity index (χ4n) is 6.76. The molecule has 0 saturated heterocycles. The molecule has 0 amide bonds. The molecule has 0 aliphatic heterocycles. The van der Waals surface area contributed by atoms with Crippen molar-refractivity contribution in [3.8, 4) is 0 Å². The van der Waals surface area contributed by atoms with Gasteiger partial charge in [0.2, 0.25) is 0 Å². The third-order valence-corrected chi connectivity index (χ3v) is 18.6. The summed E-state index contributed by atoms with van der Waals surface area (Å²) in [5.41, 5.74) is 13.1. The zero-order valence-electron chi connectivity index (χ0n) is 29.1. The summed E-state index contributed by atoms with van der Waals surface area (Å²) in [7, 11) is -4.55. The van der Waals surface area contributed by atoms with Crippen molar-refractivity contribution in [2.75, 3.05) is 0 Å². The van der Waals surface area contributed by atoms with Gasteiger partial charge in [0.1, 0.15) is 0 Å². The molecule has 236 valence electrons. The first-order valence-corrected chi connectivity index (χ1v) is 25.0. The molecule has 7 heteroatoms. The van der Waals surface area contributed by atoms with E-state index in [1.54, 1.807) is 31.9 Å². The van der Waals surface area contributed by atoms with Crippen molar-refractivity contribution in [2.45, 2.75) is 97.5 Å². The van der Waals surface area contributed by atoms with Crippen molar-refractivity contribution in [3.63, 3.8) is 0 Å². The minimum atomic E-state index is -1.63. The van der Waals surface area contributed by atoms with Crippen LogP contribution in [-0.2, 0) is 20.4 Å². The standard InChI is InChI=1S/C37H51Si3.3ClH.Ti/c1-24-14-25(2)16-31(15-24)37-30(7)28(5)29(6)36(37)23-38(32-17-26(3)19-34(21-32)39(8,9)10)33-18-27(4)20-35(22-33)40(11,12)13;;;;/h14-22,38H,23H2,1-13H3;3*1H;/q;;;;+3/p-3. The minimum Gasteiger partial charge on any atom is -1.00 e. The van der Waals surface area contributed by atoms with Crippen molar-refractivity contribution in [3.05, 3.63) is 99.1 Å². The molecule has 0 fully saturated rings. The first-order valence-electron chi connectivity index (χ1n) is 15.3. The van der Waals surface area contributed by atoms with Gasteiger partial charge in [0.25, 0.3) is 0 Å². The summed E-state index contributed by atoms with van der Waals surface area (Å²) in [6.07, 6.45) is 0. The number of allylic oxidation sites excluding steroid dienone is 4. The van der Waals surface area contributed by atoms with Gasteiger partial charge < -0.3 is 37.2 Å². The molecule has 1 atom stereocenters. The fraction of sp³-hybridized carbons (Fsp3) is 0.405. The van der Waals surface area contributed by atoms with Crippen LogP contribution in [0.4, 0.5) is 0 Å². The maximum Gasteiger partial charge on any atom is -1.00 e. The topological polar surface area (TPSA) is 0 Å². The smallest absolute Gasteiger partial charge is 1.00 e. The van der Waals surface area contributed by atoms with E-state index in [4.69, 9.17) is 0 Å². The van der Waals surface area contributed by atoms with Crippen LogP contribution in [0, 0.1) is 27.7 Å². The number of hydrogen-bond acceptors (Lipinski definition) is 0. The molecular weight excluding hydrogens is 683 g/mol. The van der Waals surface area contributed by atoms with Crippen LogP contribution in [0.15, 0.2) is 71.3 Å². The Kier molecular flexibility index (Phi) is 14.2. The molecule has 4 rings (SSSR count). The molecule has 44 heavy (non-hydrogen) atoms. The summed E-state index contributed by atoms with van der Waals surface area (Å²) in [5.74, 6) is 0. The largest absolute Gasteiger partial charge is 1.00 e. The predicted molar refractivity (Wildman–Crippen MR) is 189 cm³/mol. The summed E-state index contributed by atoms with van der Waals surface area (Å²) < 4.78 is 0.0113. The Bertz CT molecular complexity index is 1490. The van der Waals surface area contributed by atoms with Gasteiger partial charge >= 0.3 is 268 Å². The van der Waals surface area contributed by atoms with Crippen molar-refractivity contribution in [1.82, 2.24) is 0 Å². The molecule has 0 N–H and O–H groups in total. The van der Waals surface area contributed by atoms with Crippen LogP contribution >= 0.6 is 0 Å². The number of benzene rings is 3. The Hall–Kier alpha value is -0.625. The molecule has 1 unspecified atom stereocenters. The number of rotatable bonds is 7. The van der Waals surface area contributed by atoms with Crippen LogP contribution in [0.2, 0.25) is 49.0 Å². The number of hydrogen-bond donors (Lipinski definition) is 0. The summed E-state index contributed by atoms with van der Waals surface area (Å²) in [6, 6.07) is 23.7. The minimum absolute atomic E-state index is 0. The molecule has 0 heterocycles. The van der Waals surface area contributed by atoms with E-state index in [1.807, 2.05) is 0 Å². The first kappa shape index (κ1) is 41.4. The number of aryl methyl sites for hydroxylation is 4. The zero-order valence-corrected chi connectivity index (χ0v) is 36.1. The third kappa shape index (κ3) is 8.64. The van der Waals surface area contributed by atoms with Gasteiger partial charge in [0.15, 0.2) is 0 Å². The van der Waals surface area contributed by atoms with Gasteiger partial charge in [-0.05, 0) is 0 Å².